The molecule has 1 atom stereocenters. The lowest BCUT2D eigenvalue weighted by Gasteiger charge is -2.32. The summed E-state index contributed by atoms with van der Waals surface area (Å²) in [5.74, 6) is 2.73. The molecule has 1 amide bonds. The highest BCUT2D eigenvalue weighted by Gasteiger charge is 2.27. The molecule has 2 aromatic rings. The van der Waals surface area contributed by atoms with Crippen LogP contribution < -0.4 is 9.64 Å². The van der Waals surface area contributed by atoms with Gasteiger partial charge in [-0.05, 0) is 73.3 Å². The van der Waals surface area contributed by atoms with Crippen molar-refractivity contribution in [1.82, 2.24) is 14.9 Å². The highest BCUT2D eigenvalue weighted by molar-refractivity contribution is 5.80. The zero-order valence-corrected chi connectivity index (χ0v) is 21.4. The summed E-state index contributed by atoms with van der Waals surface area (Å²) in [6, 6.07) is 8.48. The van der Waals surface area contributed by atoms with E-state index in [1.807, 2.05) is 17.3 Å². The van der Waals surface area contributed by atoms with Crippen molar-refractivity contribution in [1.29, 1.82) is 0 Å². The highest BCUT2D eigenvalue weighted by Crippen LogP contribution is 2.32. The summed E-state index contributed by atoms with van der Waals surface area (Å²) in [7, 11) is 0. The van der Waals surface area contributed by atoms with E-state index in [4.69, 9.17) is 9.47 Å². The molecule has 2 aliphatic heterocycles. The number of allylic oxidation sites excluding steroid dienone is 2. The van der Waals surface area contributed by atoms with E-state index in [9.17, 15) is 4.79 Å². The molecular weight excluding hydrogens is 452 g/mol. The minimum Gasteiger partial charge on any atom is -0.493 e. The van der Waals surface area contributed by atoms with E-state index in [-0.39, 0.29) is 5.92 Å². The molecule has 0 radical (unpaired) electrons. The summed E-state index contributed by atoms with van der Waals surface area (Å²) in [5, 5.41) is 0. The molecule has 1 aromatic heterocycles. The molecule has 2 fully saturated rings. The van der Waals surface area contributed by atoms with Crippen molar-refractivity contribution in [2.24, 2.45) is 11.8 Å². The molecule has 0 N–H and O–H groups in total. The fourth-order valence-electron chi connectivity index (χ4n) is 5.34. The van der Waals surface area contributed by atoms with E-state index in [1.165, 1.54) is 16.7 Å². The molecule has 36 heavy (non-hydrogen) atoms. The highest BCUT2D eigenvalue weighted by atomic mass is 16.5. The number of amides is 1. The van der Waals surface area contributed by atoms with E-state index in [1.54, 1.807) is 0 Å². The SMILES string of the molecule is CCc1cnc(N2CCC(COc3ccc(C4=CCC(C(=O)N5CCOCC5)CC4)cc3)CC2)nc1. The Balaban J connectivity index is 1.06. The number of aromatic nitrogens is 2. The van der Waals surface area contributed by atoms with Crippen LogP contribution in [0, 0.1) is 11.8 Å². The van der Waals surface area contributed by atoms with Crippen LogP contribution in [0.15, 0.2) is 42.7 Å². The normalized spacial score (nSPS) is 21.2. The molecule has 1 aliphatic carbocycles. The Labute approximate surface area is 214 Å². The number of nitrogens with zero attached hydrogens (tertiary/aromatic N) is 4. The van der Waals surface area contributed by atoms with Crippen LogP contribution in [-0.4, -0.2) is 66.8 Å². The number of morpholine rings is 1. The first-order chi connectivity index (χ1) is 17.7. The predicted molar refractivity (Wildman–Crippen MR) is 141 cm³/mol. The van der Waals surface area contributed by atoms with Crippen LogP contribution in [0.25, 0.3) is 5.57 Å². The lowest BCUT2D eigenvalue weighted by molar-refractivity contribution is -0.139. The fraction of sp³-hybridized carbons (Fsp3) is 0.552. The lowest BCUT2D eigenvalue weighted by Crippen LogP contribution is -2.44. The molecule has 1 unspecified atom stereocenters. The van der Waals surface area contributed by atoms with E-state index in [0.717, 1.165) is 83.0 Å². The van der Waals surface area contributed by atoms with Gasteiger partial charge in [-0.1, -0.05) is 25.1 Å². The number of hydrogen-bond acceptors (Lipinski definition) is 6. The van der Waals surface area contributed by atoms with Gasteiger partial charge in [0.05, 0.1) is 19.8 Å². The predicted octanol–water partition coefficient (Wildman–Crippen LogP) is 4.38. The van der Waals surface area contributed by atoms with Crippen LogP contribution in [0.3, 0.4) is 0 Å². The third kappa shape index (κ3) is 6.06. The van der Waals surface area contributed by atoms with Gasteiger partial charge in [-0.2, -0.15) is 0 Å². The van der Waals surface area contributed by atoms with Gasteiger partial charge in [-0.25, -0.2) is 9.97 Å². The number of anilines is 1. The molecule has 5 rings (SSSR count). The van der Waals surface area contributed by atoms with Crippen molar-refractivity contribution in [3.05, 3.63) is 53.9 Å². The minimum atomic E-state index is 0.114. The van der Waals surface area contributed by atoms with Crippen LogP contribution in [-0.2, 0) is 16.0 Å². The second-order valence-electron chi connectivity index (χ2n) is 10.1. The second kappa shape index (κ2) is 11.9. The van der Waals surface area contributed by atoms with Crippen molar-refractivity contribution in [2.75, 3.05) is 50.9 Å². The largest absolute Gasteiger partial charge is 0.493 e. The molecular formula is C29H38N4O3. The molecule has 2 saturated heterocycles. The summed E-state index contributed by atoms with van der Waals surface area (Å²) in [6.07, 6.45) is 12.0. The Morgan fingerprint density at radius 3 is 2.39 bits per heavy atom. The van der Waals surface area contributed by atoms with E-state index in [2.05, 4.69) is 52.1 Å². The van der Waals surface area contributed by atoms with Crippen molar-refractivity contribution in [2.45, 2.75) is 45.4 Å². The molecule has 3 heterocycles. The number of carbonyl (C=O) groups excluding carboxylic acids is 1. The van der Waals surface area contributed by atoms with Crippen LogP contribution in [0.1, 0.15) is 50.2 Å². The number of hydrogen-bond donors (Lipinski definition) is 0. The number of aryl methyl sites for hydroxylation is 1. The van der Waals surface area contributed by atoms with Crippen molar-refractivity contribution in [3.63, 3.8) is 0 Å². The van der Waals surface area contributed by atoms with E-state index in [0.29, 0.717) is 25.0 Å². The zero-order valence-electron chi connectivity index (χ0n) is 21.4. The Morgan fingerprint density at radius 1 is 1.03 bits per heavy atom. The van der Waals surface area contributed by atoms with Gasteiger partial charge in [0.2, 0.25) is 11.9 Å². The Kier molecular flexibility index (Phi) is 8.16. The maximum Gasteiger partial charge on any atom is 0.226 e. The quantitative estimate of drug-likeness (QED) is 0.574. The Morgan fingerprint density at radius 2 is 1.75 bits per heavy atom. The molecule has 192 valence electrons. The van der Waals surface area contributed by atoms with Gasteiger partial charge in [0, 0.05) is 44.5 Å². The zero-order chi connectivity index (χ0) is 24.7. The molecule has 3 aliphatic rings. The van der Waals surface area contributed by atoms with Gasteiger partial charge >= 0.3 is 0 Å². The molecule has 7 heteroatoms. The summed E-state index contributed by atoms with van der Waals surface area (Å²) in [4.78, 5) is 26.1. The summed E-state index contributed by atoms with van der Waals surface area (Å²) < 4.78 is 11.5. The summed E-state index contributed by atoms with van der Waals surface area (Å²) >= 11 is 0. The van der Waals surface area contributed by atoms with Crippen LogP contribution in [0.2, 0.25) is 0 Å². The number of piperidine rings is 1. The monoisotopic (exact) mass is 490 g/mol. The molecule has 0 saturated carbocycles. The minimum absolute atomic E-state index is 0.114. The standard InChI is InChI=1S/C29H38N4O3/c1-2-22-19-30-29(31-20-22)33-13-11-23(12-14-33)21-36-27-9-7-25(8-10-27)24-3-5-26(6-4-24)28(34)32-15-17-35-18-16-32/h3,7-10,19-20,23,26H,2,4-6,11-18,21H2,1H3. The molecule has 1 aromatic carbocycles. The second-order valence-corrected chi connectivity index (χ2v) is 10.1. The molecule has 0 spiro atoms. The van der Waals surface area contributed by atoms with Gasteiger partial charge < -0.3 is 19.3 Å². The van der Waals surface area contributed by atoms with Gasteiger partial charge in [-0.3, -0.25) is 4.79 Å². The number of rotatable bonds is 7. The Hall–Kier alpha value is -2.93. The van der Waals surface area contributed by atoms with Gasteiger partial charge in [-0.15, -0.1) is 0 Å². The third-order valence-corrected chi connectivity index (χ3v) is 7.79. The van der Waals surface area contributed by atoms with Crippen LogP contribution >= 0.6 is 0 Å². The summed E-state index contributed by atoms with van der Waals surface area (Å²) in [5.41, 5.74) is 3.76. The van der Waals surface area contributed by atoms with E-state index >= 15 is 0 Å². The topological polar surface area (TPSA) is 67.8 Å². The van der Waals surface area contributed by atoms with Crippen LogP contribution in [0.5, 0.6) is 5.75 Å². The number of benzene rings is 1. The maximum absolute atomic E-state index is 12.8. The first-order valence-electron chi connectivity index (χ1n) is 13.5. The first-order valence-corrected chi connectivity index (χ1v) is 13.5. The molecule has 0 bridgehead atoms. The first kappa shape index (κ1) is 24.8. The van der Waals surface area contributed by atoms with Gasteiger partial charge in [0.25, 0.3) is 0 Å². The molecule has 7 nitrogen and oxygen atoms in total. The number of ether oxygens (including phenoxy) is 2. The fourth-order valence-corrected chi connectivity index (χ4v) is 5.34. The smallest absolute Gasteiger partial charge is 0.226 e. The van der Waals surface area contributed by atoms with Crippen LogP contribution in [0.4, 0.5) is 5.95 Å². The Bertz CT molecular complexity index is 1020. The van der Waals surface area contributed by atoms with Gasteiger partial charge in [0.1, 0.15) is 5.75 Å². The average molecular weight is 491 g/mol. The third-order valence-electron chi connectivity index (χ3n) is 7.79. The van der Waals surface area contributed by atoms with E-state index < -0.39 is 0 Å². The maximum atomic E-state index is 12.8. The average Bonchev–Trinajstić information content (AvgIpc) is 2.97. The lowest BCUT2D eigenvalue weighted by atomic mass is 9.85. The van der Waals surface area contributed by atoms with Crippen molar-refractivity contribution >= 4 is 17.4 Å². The number of carbonyl (C=O) groups is 1. The van der Waals surface area contributed by atoms with Crippen molar-refractivity contribution in [3.8, 4) is 5.75 Å². The van der Waals surface area contributed by atoms with Crippen molar-refractivity contribution < 1.29 is 14.3 Å². The summed E-state index contributed by atoms with van der Waals surface area (Å²) in [6.45, 7) is 7.60. The van der Waals surface area contributed by atoms with Gasteiger partial charge in [0.15, 0.2) is 0 Å².